The third kappa shape index (κ3) is 3.36. The Morgan fingerprint density at radius 2 is 2.00 bits per heavy atom. The van der Waals surface area contributed by atoms with Crippen LogP contribution in [0.15, 0.2) is 21.1 Å². The summed E-state index contributed by atoms with van der Waals surface area (Å²) in [5.41, 5.74) is 8.58. The fourth-order valence-electron chi connectivity index (χ4n) is 1.18. The predicted molar refractivity (Wildman–Crippen MR) is 73.9 cm³/mol. The molecule has 98 valence electrons. The van der Waals surface area contributed by atoms with Crippen LogP contribution in [0.1, 0.15) is 10.4 Å². The van der Waals surface area contributed by atoms with Crippen molar-refractivity contribution in [3.05, 3.63) is 26.6 Å². The van der Waals surface area contributed by atoms with Crippen molar-refractivity contribution in [3.8, 4) is 0 Å². The van der Waals surface area contributed by atoms with Crippen LogP contribution in [0.2, 0.25) is 0 Å². The van der Waals surface area contributed by atoms with E-state index in [-0.39, 0.29) is 5.56 Å². The van der Waals surface area contributed by atoms with E-state index in [0.29, 0.717) is 14.6 Å². The standard InChI is InChI=1S/C10H11Br2N3O3/c1-15(14-10(17)18-2)9(16)6-3-5(11)4-7(12)8(6)13/h3-4H,13H2,1-2H3,(H,14,17). The normalized spacial score (nSPS) is 9.78. The summed E-state index contributed by atoms with van der Waals surface area (Å²) in [6.07, 6.45) is -0.738. The van der Waals surface area contributed by atoms with Crippen LogP contribution in [0.5, 0.6) is 0 Å². The molecule has 0 aliphatic carbocycles. The molecule has 0 spiro atoms. The minimum absolute atomic E-state index is 0.259. The number of nitrogens with one attached hydrogen (secondary N) is 1. The van der Waals surface area contributed by atoms with E-state index in [0.717, 1.165) is 5.01 Å². The second kappa shape index (κ2) is 6.05. The summed E-state index contributed by atoms with van der Waals surface area (Å²) in [6, 6.07) is 3.29. The van der Waals surface area contributed by atoms with Crippen LogP contribution in [0, 0.1) is 0 Å². The molecule has 1 rings (SSSR count). The first-order valence-electron chi connectivity index (χ1n) is 4.74. The van der Waals surface area contributed by atoms with Crippen molar-refractivity contribution in [2.24, 2.45) is 0 Å². The molecule has 0 fully saturated rings. The monoisotopic (exact) mass is 379 g/mol. The third-order valence-corrected chi connectivity index (χ3v) is 3.19. The van der Waals surface area contributed by atoms with E-state index >= 15 is 0 Å². The Balaban J connectivity index is 3.00. The van der Waals surface area contributed by atoms with E-state index < -0.39 is 12.0 Å². The van der Waals surface area contributed by atoms with Crippen molar-refractivity contribution in [3.63, 3.8) is 0 Å². The second-order valence-corrected chi connectivity index (χ2v) is 5.09. The molecule has 3 N–H and O–H groups in total. The van der Waals surface area contributed by atoms with E-state index in [1.165, 1.54) is 14.2 Å². The van der Waals surface area contributed by atoms with Crippen molar-refractivity contribution in [1.29, 1.82) is 0 Å². The zero-order chi connectivity index (χ0) is 13.9. The first-order valence-corrected chi connectivity index (χ1v) is 6.32. The number of halogens is 2. The SMILES string of the molecule is COC(=O)NN(C)C(=O)c1cc(Br)cc(Br)c1N. The van der Waals surface area contributed by atoms with Gasteiger partial charge in [-0.1, -0.05) is 15.9 Å². The summed E-state index contributed by atoms with van der Waals surface area (Å²) in [6.45, 7) is 0. The van der Waals surface area contributed by atoms with Crippen molar-refractivity contribution in [1.82, 2.24) is 10.4 Å². The lowest BCUT2D eigenvalue weighted by Gasteiger charge is -2.18. The quantitative estimate of drug-likeness (QED) is 0.577. The average molecular weight is 381 g/mol. The highest BCUT2D eigenvalue weighted by Crippen LogP contribution is 2.28. The van der Waals surface area contributed by atoms with Gasteiger partial charge >= 0.3 is 6.09 Å². The van der Waals surface area contributed by atoms with Gasteiger partial charge in [0.2, 0.25) is 0 Å². The summed E-state index contributed by atoms with van der Waals surface area (Å²) >= 11 is 6.50. The van der Waals surface area contributed by atoms with E-state index in [1.54, 1.807) is 12.1 Å². The maximum absolute atomic E-state index is 12.1. The Morgan fingerprint density at radius 1 is 1.39 bits per heavy atom. The number of hydrogen-bond acceptors (Lipinski definition) is 4. The first-order chi connectivity index (χ1) is 8.36. The molecule has 1 aromatic carbocycles. The fourth-order valence-corrected chi connectivity index (χ4v) is 2.40. The van der Waals surface area contributed by atoms with Crippen LogP contribution in [-0.2, 0) is 4.74 Å². The van der Waals surface area contributed by atoms with Crippen molar-refractivity contribution in [2.45, 2.75) is 0 Å². The number of rotatable bonds is 1. The molecule has 0 radical (unpaired) electrons. The zero-order valence-electron chi connectivity index (χ0n) is 9.66. The van der Waals surface area contributed by atoms with Crippen LogP contribution < -0.4 is 11.2 Å². The summed E-state index contributed by atoms with van der Waals surface area (Å²) in [4.78, 5) is 23.1. The molecule has 8 heteroatoms. The number of ether oxygens (including phenoxy) is 1. The van der Waals surface area contributed by atoms with Gasteiger partial charge in [-0.3, -0.25) is 9.80 Å². The number of hydrogen-bond donors (Lipinski definition) is 2. The molecule has 0 aromatic heterocycles. The summed E-state index contributed by atoms with van der Waals surface area (Å²) in [5.74, 6) is -0.458. The van der Waals surface area contributed by atoms with Gasteiger partial charge in [0.05, 0.1) is 18.4 Å². The lowest BCUT2D eigenvalue weighted by atomic mass is 10.1. The molecular formula is C10H11Br2N3O3. The molecule has 0 saturated carbocycles. The van der Waals surface area contributed by atoms with E-state index in [9.17, 15) is 9.59 Å². The number of carbonyl (C=O) groups excluding carboxylic acids is 2. The highest BCUT2D eigenvalue weighted by molar-refractivity contribution is 9.11. The molecular weight excluding hydrogens is 370 g/mol. The van der Waals surface area contributed by atoms with Crippen molar-refractivity contribution >= 4 is 49.5 Å². The molecule has 0 saturated heterocycles. The molecule has 0 aliphatic heterocycles. The number of carbonyl (C=O) groups is 2. The fraction of sp³-hybridized carbons (Fsp3) is 0.200. The number of nitrogens with two attached hydrogens (primary N) is 1. The Labute approximate surface area is 121 Å². The van der Waals surface area contributed by atoms with Crippen LogP contribution in [0.3, 0.4) is 0 Å². The Bertz CT molecular complexity index is 494. The van der Waals surface area contributed by atoms with Gasteiger partial charge < -0.3 is 10.5 Å². The number of amides is 2. The Morgan fingerprint density at radius 3 is 2.56 bits per heavy atom. The molecule has 0 unspecified atom stereocenters. The largest absolute Gasteiger partial charge is 0.452 e. The van der Waals surface area contributed by atoms with Gasteiger partial charge in [-0.25, -0.2) is 10.2 Å². The first kappa shape index (κ1) is 14.8. The van der Waals surface area contributed by atoms with E-state index in [2.05, 4.69) is 42.0 Å². The summed E-state index contributed by atoms with van der Waals surface area (Å²) in [7, 11) is 2.60. The van der Waals surface area contributed by atoms with Crippen molar-refractivity contribution < 1.29 is 14.3 Å². The number of hydrazine groups is 1. The minimum Gasteiger partial charge on any atom is -0.452 e. The molecule has 0 aliphatic rings. The smallest absolute Gasteiger partial charge is 0.425 e. The lowest BCUT2D eigenvalue weighted by molar-refractivity contribution is 0.0691. The molecule has 0 atom stereocenters. The van der Waals surface area contributed by atoms with Crippen LogP contribution in [0.4, 0.5) is 10.5 Å². The van der Waals surface area contributed by atoms with E-state index in [1.807, 2.05) is 0 Å². The molecule has 1 aromatic rings. The summed E-state index contributed by atoms with van der Waals surface area (Å²) < 4.78 is 5.67. The number of nitrogen functional groups attached to an aromatic ring is 1. The van der Waals surface area contributed by atoms with Crippen molar-refractivity contribution in [2.75, 3.05) is 19.9 Å². The molecule has 18 heavy (non-hydrogen) atoms. The molecule has 6 nitrogen and oxygen atoms in total. The number of benzene rings is 1. The average Bonchev–Trinajstić information content (AvgIpc) is 2.32. The molecule has 0 heterocycles. The predicted octanol–water partition coefficient (Wildman–Crippen LogP) is 2.14. The van der Waals surface area contributed by atoms with Crippen LogP contribution in [0.25, 0.3) is 0 Å². The van der Waals surface area contributed by atoms with Gasteiger partial charge in [-0.2, -0.15) is 0 Å². The lowest BCUT2D eigenvalue weighted by Crippen LogP contribution is -2.43. The van der Waals surface area contributed by atoms with Gasteiger partial charge in [0.1, 0.15) is 0 Å². The maximum Gasteiger partial charge on any atom is 0.425 e. The van der Waals surface area contributed by atoms with Crippen LogP contribution >= 0.6 is 31.9 Å². The van der Waals surface area contributed by atoms with Gasteiger partial charge in [0.15, 0.2) is 0 Å². The topological polar surface area (TPSA) is 84.7 Å². The van der Waals surface area contributed by atoms with Gasteiger partial charge in [-0.15, -0.1) is 0 Å². The maximum atomic E-state index is 12.1. The zero-order valence-corrected chi connectivity index (χ0v) is 12.8. The number of anilines is 1. The van der Waals surface area contributed by atoms with Gasteiger partial charge in [-0.05, 0) is 28.1 Å². The van der Waals surface area contributed by atoms with E-state index in [4.69, 9.17) is 5.73 Å². The molecule has 2 amide bonds. The van der Waals surface area contributed by atoms with Crippen LogP contribution in [-0.4, -0.2) is 31.2 Å². The highest BCUT2D eigenvalue weighted by atomic mass is 79.9. The Kier molecular flexibility index (Phi) is 4.97. The second-order valence-electron chi connectivity index (χ2n) is 3.32. The van der Waals surface area contributed by atoms with Gasteiger partial charge in [0, 0.05) is 16.0 Å². The number of methoxy groups -OCH3 is 1. The highest BCUT2D eigenvalue weighted by Gasteiger charge is 2.18. The Hall–Kier alpha value is -1.28. The third-order valence-electron chi connectivity index (χ3n) is 2.07. The molecule has 0 bridgehead atoms. The number of nitrogens with zero attached hydrogens (tertiary/aromatic N) is 1. The van der Waals surface area contributed by atoms with Gasteiger partial charge in [0.25, 0.3) is 5.91 Å². The summed E-state index contributed by atoms with van der Waals surface area (Å²) in [5, 5.41) is 0.996. The minimum atomic E-state index is -0.738.